The van der Waals surface area contributed by atoms with E-state index in [4.69, 9.17) is 10.00 Å². The third kappa shape index (κ3) is 5.16. The third-order valence-corrected chi connectivity index (χ3v) is 4.88. The Labute approximate surface area is 197 Å². The molecule has 0 radical (unpaired) electrons. The SMILES string of the molecule is N#Cc1ccc(Oc2ccccc2C=Nc2ccccc2N=Cc2ccccc2O)cc1C#N. The van der Waals surface area contributed by atoms with Crippen LogP contribution in [0.5, 0.6) is 17.2 Å². The van der Waals surface area contributed by atoms with Crippen LogP contribution in [0.2, 0.25) is 0 Å². The fourth-order valence-electron chi connectivity index (χ4n) is 3.14. The van der Waals surface area contributed by atoms with Gasteiger partial charge in [0.2, 0.25) is 0 Å². The number of aromatic hydroxyl groups is 1. The van der Waals surface area contributed by atoms with Crippen LogP contribution in [0.1, 0.15) is 22.3 Å². The van der Waals surface area contributed by atoms with Gasteiger partial charge in [0.25, 0.3) is 0 Å². The highest BCUT2D eigenvalue weighted by atomic mass is 16.5. The highest BCUT2D eigenvalue weighted by Crippen LogP contribution is 2.30. The molecule has 0 heterocycles. The Morgan fingerprint density at radius 3 is 1.94 bits per heavy atom. The summed E-state index contributed by atoms with van der Waals surface area (Å²) in [4.78, 5) is 9.09. The van der Waals surface area contributed by atoms with E-state index in [1.54, 1.807) is 48.8 Å². The molecule has 0 atom stereocenters. The molecule has 0 saturated carbocycles. The smallest absolute Gasteiger partial charge is 0.136 e. The second kappa shape index (κ2) is 10.4. The summed E-state index contributed by atoms with van der Waals surface area (Å²) in [5.74, 6) is 1.15. The first-order valence-electron chi connectivity index (χ1n) is 10.3. The number of ether oxygens (including phenoxy) is 1. The molecule has 0 aromatic heterocycles. The molecule has 0 bridgehead atoms. The van der Waals surface area contributed by atoms with Crippen LogP contribution >= 0.6 is 0 Å². The normalized spacial score (nSPS) is 10.8. The van der Waals surface area contributed by atoms with Gasteiger partial charge in [-0.2, -0.15) is 10.5 Å². The molecular weight excluding hydrogens is 424 g/mol. The first-order chi connectivity index (χ1) is 16.7. The molecule has 0 saturated heterocycles. The number of hydrogen-bond acceptors (Lipinski definition) is 6. The molecule has 0 aliphatic heterocycles. The number of benzene rings is 4. The molecule has 1 N–H and O–H groups in total. The summed E-state index contributed by atoms with van der Waals surface area (Å²) >= 11 is 0. The lowest BCUT2D eigenvalue weighted by Gasteiger charge is -2.09. The van der Waals surface area contributed by atoms with Gasteiger partial charge in [0, 0.05) is 23.6 Å². The number of para-hydroxylation sites is 4. The predicted molar refractivity (Wildman–Crippen MR) is 131 cm³/mol. The fraction of sp³-hybridized carbons (Fsp3) is 0. The zero-order chi connectivity index (χ0) is 23.8. The summed E-state index contributed by atoms with van der Waals surface area (Å²) in [7, 11) is 0. The highest BCUT2D eigenvalue weighted by molar-refractivity contribution is 5.89. The van der Waals surface area contributed by atoms with Gasteiger partial charge >= 0.3 is 0 Å². The van der Waals surface area contributed by atoms with Gasteiger partial charge in [0.05, 0.1) is 22.5 Å². The molecule has 4 aromatic carbocycles. The van der Waals surface area contributed by atoms with Crippen LogP contribution in [0, 0.1) is 22.7 Å². The maximum Gasteiger partial charge on any atom is 0.136 e. The van der Waals surface area contributed by atoms with Crippen LogP contribution < -0.4 is 4.74 Å². The zero-order valence-electron chi connectivity index (χ0n) is 18.0. The van der Waals surface area contributed by atoms with Gasteiger partial charge < -0.3 is 9.84 Å². The van der Waals surface area contributed by atoms with E-state index in [0.717, 1.165) is 5.56 Å². The van der Waals surface area contributed by atoms with Crippen molar-refractivity contribution < 1.29 is 9.84 Å². The number of aliphatic imine (C=N–C) groups is 2. The van der Waals surface area contributed by atoms with Crippen molar-refractivity contribution >= 4 is 23.8 Å². The lowest BCUT2D eigenvalue weighted by Crippen LogP contribution is -1.92. The largest absolute Gasteiger partial charge is 0.507 e. The van der Waals surface area contributed by atoms with Crippen molar-refractivity contribution in [3.8, 4) is 29.4 Å². The number of phenolic OH excluding ortho intramolecular Hbond substituents is 1. The summed E-state index contributed by atoms with van der Waals surface area (Å²) in [6.07, 6.45) is 3.27. The number of phenols is 1. The number of hydrogen-bond donors (Lipinski definition) is 1. The van der Waals surface area contributed by atoms with Crippen molar-refractivity contribution in [2.24, 2.45) is 9.98 Å². The maximum atomic E-state index is 9.96. The van der Waals surface area contributed by atoms with E-state index >= 15 is 0 Å². The first kappa shape index (κ1) is 22.0. The predicted octanol–water partition coefficient (Wildman–Crippen LogP) is 6.43. The van der Waals surface area contributed by atoms with Gasteiger partial charge in [-0.3, -0.25) is 9.98 Å². The second-order valence-corrected chi connectivity index (χ2v) is 7.13. The quantitative estimate of drug-likeness (QED) is 0.348. The number of nitrogens with zero attached hydrogens (tertiary/aromatic N) is 4. The van der Waals surface area contributed by atoms with E-state index < -0.39 is 0 Å². The van der Waals surface area contributed by atoms with E-state index in [0.29, 0.717) is 34.0 Å². The minimum Gasteiger partial charge on any atom is -0.507 e. The van der Waals surface area contributed by atoms with Crippen LogP contribution in [0.25, 0.3) is 0 Å². The van der Waals surface area contributed by atoms with Crippen molar-refractivity contribution in [2.45, 2.75) is 0 Å². The molecule has 6 nitrogen and oxygen atoms in total. The molecule has 4 aromatic rings. The lowest BCUT2D eigenvalue weighted by molar-refractivity contribution is 0.474. The molecule has 0 aliphatic rings. The van der Waals surface area contributed by atoms with Gasteiger partial charge in [0.15, 0.2) is 0 Å². The van der Waals surface area contributed by atoms with Gasteiger partial charge in [-0.05, 0) is 54.6 Å². The van der Waals surface area contributed by atoms with Gasteiger partial charge in [-0.15, -0.1) is 0 Å². The van der Waals surface area contributed by atoms with Gasteiger partial charge in [-0.1, -0.05) is 36.4 Å². The Balaban J connectivity index is 1.60. The first-order valence-corrected chi connectivity index (χ1v) is 10.3. The van der Waals surface area contributed by atoms with Crippen LogP contribution in [-0.2, 0) is 0 Å². The summed E-state index contributed by atoms with van der Waals surface area (Å²) in [6.45, 7) is 0. The summed E-state index contributed by atoms with van der Waals surface area (Å²) in [6, 6.07) is 30.5. The molecule has 0 spiro atoms. The Hall–Kier alpha value is -5.20. The monoisotopic (exact) mass is 442 g/mol. The standard InChI is InChI=1S/C28H18N4O2/c29-16-20-13-14-24(15-23(20)17-30)34-28-12-6-2-8-22(28)19-32-26-10-4-3-9-25(26)31-18-21-7-1-5-11-27(21)33/h1-15,18-19,33H. The van der Waals surface area contributed by atoms with Crippen LogP contribution in [0.15, 0.2) is 101 Å². The Bertz CT molecular complexity index is 1480. The fourth-order valence-corrected chi connectivity index (χ4v) is 3.14. The second-order valence-electron chi connectivity index (χ2n) is 7.13. The van der Waals surface area contributed by atoms with Crippen molar-refractivity contribution in [1.82, 2.24) is 0 Å². The third-order valence-electron chi connectivity index (χ3n) is 4.88. The molecule has 0 fully saturated rings. The molecule has 6 heteroatoms. The van der Waals surface area contributed by atoms with E-state index in [1.165, 1.54) is 6.07 Å². The minimum absolute atomic E-state index is 0.153. The Morgan fingerprint density at radius 1 is 0.676 bits per heavy atom. The van der Waals surface area contributed by atoms with Crippen LogP contribution in [-0.4, -0.2) is 17.5 Å². The Kier molecular flexibility index (Phi) is 6.74. The highest BCUT2D eigenvalue weighted by Gasteiger charge is 2.07. The molecule has 34 heavy (non-hydrogen) atoms. The summed E-state index contributed by atoms with van der Waals surface area (Å²) < 4.78 is 5.98. The van der Waals surface area contributed by atoms with Crippen molar-refractivity contribution in [3.63, 3.8) is 0 Å². The lowest BCUT2D eigenvalue weighted by atomic mass is 10.1. The Morgan fingerprint density at radius 2 is 1.26 bits per heavy atom. The van der Waals surface area contributed by atoms with Crippen LogP contribution in [0.3, 0.4) is 0 Å². The summed E-state index contributed by atoms with van der Waals surface area (Å²) in [5.41, 5.74) is 3.18. The van der Waals surface area contributed by atoms with Crippen LogP contribution in [0.4, 0.5) is 11.4 Å². The molecule has 0 unspecified atom stereocenters. The topological polar surface area (TPSA) is 102 Å². The average Bonchev–Trinajstić information content (AvgIpc) is 2.88. The van der Waals surface area contributed by atoms with Gasteiger partial charge in [0.1, 0.15) is 29.4 Å². The zero-order valence-corrected chi connectivity index (χ0v) is 18.0. The molecular formula is C28H18N4O2. The van der Waals surface area contributed by atoms with Gasteiger partial charge in [-0.25, -0.2) is 0 Å². The van der Waals surface area contributed by atoms with E-state index in [1.807, 2.05) is 60.7 Å². The molecule has 162 valence electrons. The molecule has 0 amide bonds. The molecule has 0 aliphatic carbocycles. The van der Waals surface area contributed by atoms with E-state index in [9.17, 15) is 10.4 Å². The maximum absolute atomic E-state index is 9.96. The number of rotatable bonds is 6. The average molecular weight is 442 g/mol. The summed E-state index contributed by atoms with van der Waals surface area (Å²) in [5, 5.41) is 28.3. The van der Waals surface area contributed by atoms with Crippen molar-refractivity contribution in [2.75, 3.05) is 0 Å². The minimum atomic E-state index is 0.153. The van der Waals surface area contributed by atoms with E-state index in [-0.39, 0.29) is 11.3 Å². The molecule has 4 rings (SSSR count). The number of nitriles is 2. The van der Waals surface area contributed by atoms with E-state index in [2.05, 4.69) is 9.98 Å². The van der Waals surface area contributed by atoms with Crippen molar-refractivity contribution in [1.29, 1.82) is 10.5 Å². The van der Waals surface area contributed by atoms with Crippen molar-refractivity contribution in [3.05, 3.63) is 113 Å².